The number of amides is 3. The molecule has 1 N–H and O–H groups in total. The van der Waals surface area contributed by atoms with Crippen LogP contribution in [-0.2, 0) is 9.59 Å². The zero-order valence-electron chi connectivity index (χ0n) is 18.8. The van der Waals surface area contributed by atoms with Gasteiger partial charge in [0.1, 0.15) is 11.6 Å². The van der Waals surface area contributed by atoms with Gasteiger partial charge in [-0.15, -0.1) is 0 Å². The fraction of sp³-hybridized carbons (Fsp3) is 0.261. The van der Waals surface area contributed by atoms with Crippen LogP contribution in [0, 0.1) is 5.82 Å². The highest BCUT2D eigenvalue weighted by Crippen LogP contribution is 2.40. The summed E-state index contributed by atoms with van der Waals surface area (Å²) in [4.78, 5) is 38.3. The maximum atomic E-state index is 12.9. The minimum atomic E-state index is -0.472. The highest BCUT2D eigenvalue weighted by Gasteiger charge is 2.34. The highest BCUT2D eigenvalue weighted by atomic mass is 32.2. The molecule has 34 heavy (non-hydrogen) atoms. The summed E-state index contributed by atoms with van der Waals surface area (Å²) in [6.07, 6.45) is 1.56. The van der Waals surface area contributed by atoms with E-state index in [0.717, 1.165) is 16.7 Å². The van der Waals surface area contributed by atoms with Crippen molar-refractivity contribution in [2.45, 2.75) is 0 Å². The molecule has 1 saturated heterocycles. The van der Waals surface area contributed by atoms with E-state index in [4.69, 9.17) is 18.9 Å². The van der Waals surface area contributed by atoms with Gasteiger partial charge in [-0.3, -0.25) is 19.3 Å². The lowest BCUT2D eigenvalue weighted by Gasteiger charge is -2.14. The van der Waals surface area contributed by atoms with E-state index in [1.807, 2.05) is 0 Å². The molecule has 0 atom stereocenters. The van der Waals surface area contributed by atoms with Crippen molar-refractivity contribution < 1.29 is 37.7 Å². The quantitative estimate of drug-likeness (QED) is 0.507. The first-order valence-corrected chi connectivity index (χ1v) is 10.9. The molecule has 1 fully saturated rings. The van der Waals surface area contributed by atoms with Crippen molar-refractivity contribution in [3.05, 3.63) is 52.7 Å². The molecule has 2 aromatic rings. The molecule has 9 nitrogen and oxygen atoms in total. The van der Waals surface area contributed by atoms with Crippen LogP contribution in [0.25, 0.3) is 6.08 Å². The van der Waals surface area contributed by atoms with Crippen LogP contribution in [0.3, 0.4) is 0 Å². The van der Waals surface area contributed by atoms with Crippen LogP contribution in [0.2, 0.25) is 0 Å². The molecular weight excluding hydrogens is 467 g/mol. The number of halogens is 1. The third-order valence-electron chi connectivity index (χ3n) is 4.70. The Morgan fingerprint density at radius 1 is 1.06 bits per heavy atom. The van der Waals surface area contributed by atoms with Crippen molar-refractivity contribution >= 4 is 34.9 Å². The van der Waals surface area contributed by atoms with E-state index in [-0.39, 0.29) is 24.6 Å². The summed E-state index contributed by atoms with van der Waals surface area (Å²) >= 11 is 0.799. The molecule has 0 radical (unpaired) electrons. The van der Waals surface area contributed by atoms with E-state index in [1.54, 1.807) is 18.2 Å². The van der Waals surface area contributed by atoms with Crippen LogP contribution >= 0.6 is 11.8 Å². The monoisotopic (exact) mass is 490 g/mol. The SMILES string of the molecule is COc1cc(/C=C2\SC(=O)N(CCNC(=O)COc3ccc(F)cc3)C2=O)cc(OC)c1OC. The van der Waals surface area contributed by atoms with Crippen molar-refractivity contribution in [1.82, 2.24) is 10.2 Å². The molecule has 180 valence electrons. The Hall–Kier alpha value is -3.73. The standard InChI is InChI=1S/C23H23FN2O7S/c1-30-17-10-14(11-18(31-2)21(17)32-3)12-19-22(28)26(23(29)34-19)9-8-25-20(27)13-33-16-6-4-15(24)5-7-16/h4-7,10-12H,8-9,13H2,1-3H3,(H,25,27)/b19-12-. The number of hydrogen-bond donors (Lipinski definition) is 1. The Bertz CT molecular complexity index is 1080. The highest BCUT2D eigenvalue weighted by molar-refractivity contribution is 8.18. The van der Waals surface area contributed by atoms with E-state index >= 15 is 0 Å². The molecule has 0 spiro atoms. The van der Waals surface area contributed by atoms with Gasteiger partial charge in [0, 0.05) is 13.1 Å². The number of ether oxygens (including phenoxy) is 4. The molecule has 11 heteroatoms. The molecule has 0 aliphatic carbocycles. The molecule has 3 rings (SSSR count). The van der Waals surface area contributed by atoms with E-state index in [2.05, 4.69) is 5.32 Å². The van der Waals surface area contributed by atoms with Crippen molar-refractivity contribution in [3.63, 3.8) is 0 Å². The molecule has 0 bridgehead atoms. The minimum absolute atomic E-state index is 0.000447. The molecule has 3 amide bonds. The van der Waals surface area contributed by atoms with E-state index < -0.39 is 22.9 Å². The maximum absolute atomic E-state index is 12.9. The van der Waals surface area contributed by atoms with Crippen LogP contribution in [-0.4, -0.2) is 63.0 Å². The maximum Gasteiger partial charge on any atom is 0.293 e. The second-order valence-electron chi connectivity index (χ2n) is 6.88. The third kappa shape index (κ3) is 5.98. The van der Waals surface area contributed by atoms with Crippen LogP contribution in [0.1, 0.15) is 5.56 Å². The largest absolute Gasteiger partial charge is 0.493 e. The summed E-state index contributed by atoms with van der Waals surface area (Å²) in [7, 11) is 4.45. The normalized spacial score (nSPS) is 14.4. The topological polar surface area (TPSA) is 103 Å². The number of thioether (sulfide) groups is 1. The Balaban J connectivity index is 1.57. The van der Waals surface area contributed by atoms with Crippen molar-refractivity contribution in [1.29, 1.82) is 0 Å². The lowest BCUT2D eigenvalue weighted by atomic mass is 10.1. The number of rotatable bonds is 10. The summed E-state index contributed by atoms with van der Waals surface area (Å²) in [5, 5.41) is 2.14. The predicted octanol–water partition coefficient (Wildman–Crippen LogP) is 3.08. The van der Waals surface area contributed by atoms with Gasteiger partial charge in [0.2, 0.25) is 5.75 Å². The van der Waals surface area contributed by atoms with Crippen LogP contribution in [0.5, 0.6) is 23.0 Å². The van der Waals surface area contributed by atoms with Crippen LogP contribution in [0.15, 0.2) is 41.3 Å². The molecule has 0 aromatic heterocycles. The number of methoxy groups -OCH3 is 3. The molecule has 1 aliphatic heterocycles. The van der Waals surface area contributed by atoms with Gasteiger partial charge in [-0.2, -0.15) is 0 Å². The average Bonchev–Trinajstić information content (AvgIpc) is 3.10. The van der Waals surface area contributed by atoms with E-state index in [1.165, 1.54) is 45.6 Å². The second-order valence-corrected chi connectivity index (χ2v) is 7.88. The number of imide groups is 1. The zero-order chi connectivity index (χ0) is 24.7. The van der Waals surface area contributed by atoms with Gasteiger partial charge in [-0.1, -0.05) is 0 Å². The lowest BCUT2D eigenvalue weighted by molar-refractivity contribution is -0.125. The van der Waals surface area contributed by atoms with Crippen molar-refractivity contribution in [2.24, 2.45) is 0 Å². The third-order valence-corrected chi connectivity index (χ3v) is 5.61. The van der Waals surface area contributed by atoms with E-state index in [0.29, 0.717) is 28.6 Å². The summed E-state index contributed by atoms with van der Waals surface area (Å²) in [6.45, 7) is -0.227. The summed E-state index contributed by atoms with van der Waals surface area (Å²) < 4.78 is 34.1. The van der Waals surface area contributed by atoms with Gasteiger partial charge in [-0.25, -0.2) is 4.39 Å². The molecule has 0 unspecified atom stereocenters. The van der Waals surface area contributed by atoms with E-state index in [9.17, 15) is 18.8 Å². The smallest absolute Gasteiger partial charge is 0.293 e. The van der Waals surface area contributed by atoms with Gasteiger partial charge in [-0.05, 0) is 59.8 Å². The van der Waals surface area contributed by atoms with Crippen molar-refractivity contribution in [2.75, 3.05) is 41.0 Å². The number of hydrogen-bond acceptors (Lipinski definition) is 8. The van der Waals surface area contributed by atoms with Crippen LogP contribution < -0.4 is 24.3 Å². The first-order chi connectivity index (χ1) is 16.4. The second kappa shape index (κ2) is 11.4. The number of benzene rings is 2. The molecule has 1 aliphatic rings. The van der Waals surface area contributed by atoms with Gasteiger partial charge in [0.25, 0.3) is 17.1 Å². The Morgan fingerprint density at radius 2 is 1.71 bits per heavy atom. The zero-order valence-corrected chi connectivity index (χ0v) is 19.6. The molecule has 1 heterocycles. The van der Waals surface area contributed by atoms with Crippen LogP contribution in [0.4, 0.5) is 9.18 Å². The Kier molecular flexibility index (Phi) is 8.36. The summed E-state index contributed by atoms with van der Waals surface area (Å²) in [5.41, 5.74) is 0.589. The van der Waals surface area contributed by atoms with Gasteiger partial charge >= 0.3 is 0 Å². The Morgan fingerprint density at radius 3 is 2.29 bits per heavy atom. The Labute approximate surface area is 199 Å². The average molecular weight is 491 g/mol. The molecule has 2 aromatic carbocycles. The number of carbonyl (C=O) groups excluding carboxylic acids is 3. The summed E-state index contributed by atoms with van der Waals surface area (Å²) in [6, 6.07) is 8.58. The predicted molar refractivity (Wildman–Crippen MR) is 124 cm³/mol. The first kappa shape index (κ1) is 24.9. The number of nitrogens with one attached hydrogen (secondary N) is 1. The molecule has 0 saturated carbocycles. The van der Waals surface area contributed by atoms with Gasteiger partial charge < -0.3 is 24.3 Å². The molecular formula is C23H23FN2O7S. The minimum Gasteiger partial charge on any atom is -0.493 e. The fourth-order valence-corrected chi connectivity index (χ4v) is 3.93. The number of nitrogens with zero attached hydrogens (tertiary/aromatic N) is 1. The number of carbonyl (C=O) groups is 3. The lowest BCUT2D eigenvalue weighted by Crippen LogP contribution is -2.38. The fourth-order valence-electron chi connectivity index (χ4n) is 3.07. The van der Waals surface area contributed by atoms with Gasteiger partial charge in [0.05, 0.1) is 26.2 Å². The van der Waals surface area contributed by atoms with Gasteiger partial charge in [0.15, 0.2) is 18.1 Å². The first-order valence-electron chi connectivity index (χ1n) is 10.1. The summed E-state index contributed by atoms with van der Waals surface area (Å²) in [5.74, 6) is 0.266. The van der Waals surface area contributed by atoms with Crippen molar-refractivity contribution in [3.8, 4) is 23.0 Å².